The largest absolute Gasteiger partial charge is 0.480 e. The van der Waals surface area contributed by atoms with Crippen LogP contribution in [0.4, 0.5) is 0 Å². The van der Waals surface area contributed by atoms with Gasteiger partial charge in [-0.3, -0.25) is 14.9 Å². The molecule has 0 aromatic heterocycles. The summed E-state index contributed by atoms with van der Waals surface area (Å²) in [6, 6.07) is -1.92. The van der Waals surface area contributed by atoms with Gasteiger partial charge in [0.1, 0.15) is 12.1 Å². The van der Waals surface area contributed by atoms with Crippen LogP contribution in [0.5, 0.6) is 0 Å². The lowest BCUT2D eigenvalue weighted by Gasteiger charge is -2.35. The minimum absolute atomic E-state index is 0.00716. The lowest BCUT2D eigenvalue weighted by atomic mass is 9.84. The quantitative estimate of drug-likeness (QED) is 0.435. The van der Waals surface area contributed by atoms with Crippen LogP contribution in [0.2, 0.25) is 0 Å². The van der Waals surface area contributed by atoms with Crippen LogP contribution in [-0.4, -0.2) is 58.6 Å². The monoisotopic (exact) mass is 396 g/mol. The Morgan fingerprint density at radius 2 is 1.89 bits per heavy atom. The number of hydrogen-bond donors (Lipinski definition) is 2. The molecule has 0 bridgehead atoms. The molecular formula is C21H36N2O5. The van der Waals surface area contributed by atoms with E-state index in [-0.39, 0.29) is 23.8 Å². The number of rotatable bonds is 10. The number of amides is 1. The zero-order valence-corrected chi connectivity index (χ0v) is 17.5. The number of ether oxygens (including phenoxy) is 1. The van der Waals surface area contributed by atoms with Crippen molar-refractivity contribution < 1.29 is 24.2 Å². The molecule has 0 unspecified atom stereocenters. The van der Waals surface area contributed by atoms with Crippen LogP contribution >= 0.6 is 0 Å². The number of hydrogen-bond acceptors (Lipinski definition) is 5. The summed E-state index contributed by atoms with van der Waals surface area (Å²) in [7, 11) is 0. The number of nitrogens with zero attached hydrogens (tertiary/aromatic N) is 1. The Morgan fingerprint density at radius 1 is 1.18 bits per heavy atom. The highest BCUT2D eigenvalue weighted by Crippen LogP contribution is 2.40. The van der Waals surface area contributed by atoms with E-state index in [9.17, 15) is 19.5 Å². The van der Waals surface area contributed by atoms with Crippen molar-refractivity contribution in [1.29, 1.82) is 0 Å². The zero-order valence-electron chi connectivity index (χ0n) is 17.5. The van der Waals surface area contributed by atoms with Crippen LogP contribution in [0.3, 0.4) is 0 Å². The molecule has 0 spiro atoms. The molecule has 1 saturated heterocycles. The van der Waals surface area contributed by atoms with Gasteiger partial charge in [0.05, 0.1) is 12.6 Å². The lowest BCUT2D eigenvalue weighted by molar-refractivity contribution is -0.152. The molecule has 160 valence electrons. The van der Waals surface area contributed by atoms with Gasteiger partial charge in [-0.1, -0.05) is 39.0 Å². The van der Waals surface area contributed by atoms with Crippen LogP contribution in [0, 0.1) is 5.92 Å². The molecule has 7 nitrogen and oxygen atoms in total. The van der Waals surface area contributed by atoms with E-state index in [0.717, 1.165) is 44.9 Å². The summed E-state index contributed by atoms with van der Waals surface area (Å²) in [4.78, 5) is 38.9. The van der Waals surface area contributed by atoms with Crippen molar-refractivity contribution in [3.8, 4) is 0 Å². The number of nitrogens with one attached hydrogen (secondary N) is 1. The first-order valence-electron chi connectivity index (χ1n) is 10.9. The highest BCUT2D eigenvalue weighted by molar-refractivity contribution is 5.88. The number of carboxylic acids is 1. The smallest absolute Gasteiger partial charge is 0.326 e. The summed E-state index contributed by atoms with van der Waals surface area (Å²) in [6.45, 7) is 5.88. The van der Waals surface area contributed by atoms with Gasteiger partial charge in [-0.25, -0.2) is 4.79 Å². The van der Waals surface area contributed by atoms with Gasteiger partial charge in [-0.2, -0.15) is 0 Å². The third-order valence-electron chi connectivity index (χ3n) is 6.12. The molecule has 1 aliphatic heterocycles. The second-order valence-corrected chi connectivity index (χ2v) is 8.14. The molecule has 0 radical (unpaired) electrons. The molecule has 1 saturated carbocycles. The highest BCUT2D eigenvalue weighted by atomic mass is 16.5. The van der Waals surface area contributed by atoms with Gasteiger partial charge >= 0.3 is 11.9 Å². The van der Waals surface area contributed by atoms with E-state index >= 15 is 0 Å². The van der Waals surface area contributed by atoms with E-state index in [0.29, 0.717) is 19.4 Å². The minimum atomic E-state index is -0.931. The maximum atomic E-state index is 13.2. The number of esters is 1. The van der Waals surface area contributed by atoms with E-state index in [1.807, 2.05) is 0 Å². The van der Waals surface area contributed by atoms with Gasteiger partial charge < -0.3 is 14.7 Å². The van der Waals surface area contributed by atoms with Crippen LogP contribution in [0.15, 0.2) is 0 Å². The van der Waals surface area contributed by atoms with Crippen LogP contribution in [0.25, 0.3) is 0 Å². The molecule has 0 aromatic carbocycles. The molecule has 2 rings (SSSR count). The highest BCUT2D eigenvalue weighted by Gasteiger charge is 2.48. The maximum absolute atomic E-state index is 13.2. The lowest BCUT2D eigenvalue weighted by Crippen LogP contribution is -2.55. The second kappa shape index (κ2) is 10.8. The summed E-state index contributed by atoms with van der Waals surface area (Å²) in [5.41, 5.74) is 0. The van der Waals surface area contributed by atoms with Crippen molar-refractivity contribution in [3.05, 3.63) is 0 Å². The Morgan fingerprint density at radius 3 is 2.54 bits per heavy atom. The van der Waals surface area contributed by atoms with E-state index < -0.39 is 24.1 Å². The number of likely N-dealkylation sites (tertiary alicyclic amines) is 1. The predicted octanol–water partition coefficient (Wildman–Crippen LogP) is 2.72. The number of carbonyl (C=O) groups is 3. The zero-order chi connectivity index (χ0) is 20.7. The molecule has 2 fully saturated rings. The van der Waals surface area contributed by atoms with Crippen LogP contribution < -0.4 is 5.32 Å². The average Bonchev–Trinajstić information content (AvgIpc) is 3.06. The van der Waals surface area contributed by atoms with Crippen molar-refractivity contribution in [2.24, 2.45) is 5.92 Å². The van der Waals surface area contributed by atoms with E-state index in [4.69, 9.17) is 4.74 Å². The molecule has 1 amide bonds. The Kier molecular flexibility index (Phi) is 8.73. The van der Waals surface area contributed by atoms with E-state index in [2.05, 4.69) is 12.2 Å². The summed E-state index contributed by atoms with van der Waals surface area (Å²) in [5, 5.41) is 12.8. The van der Waals surface area contributed by atoms with Gasteiger partial charge in [0.25, 0.3) is 0 Å². The number of unbranched alkanes of at least 4 members (excludes halogenated alkanes) is 2. The number of fused-ring (bicyclic) bond motifs is 1. The van der Waals surface area contributed by atoms with Gasteiger partial charge in [0.2, 0.25) is 5.91 Å². The van der Waals surface area contributed by atoms with Gasteiger partial charge in [0, 0.05) is 6.04 Å². The molecular weight excluding hydrogens is 360 g/mol. The number of carbonyl (C=O) groups excluding carboxylic acids is 2. The third-order valence-corrected chi connectivity index (χ3v) is 6.12. The van der Waals surface area contributed by atoms with Crippen molar-refractivity contribution in [2.75, 3.05) is 6.61 Å². The molecule has 1 aliphatic carbocycles. The van der Waals surface area contributed by atoms with Gasteiger partial charge in [0.15, 0.2) is 0 Å². The Hall–Kier alpha value is -1.63. The molecule has 5 atom stereocenters. The van der Waals surface area contributed by atoms with Crippen molar-refractivity contribution in [2.45, 2.75) is 103 Å². The minimum Gasteiger partial charge on any atom is -0.480 e. The fourth-order valence-corrected chi connectivity index (χ4v) is 4.70. The third kappa shape index (κ3) is 5.46. The maximum Gasteiger partial charge on any atom is 0.326 e. The summed E-state index contributed by atoms with van der Waals surface area (Å²) < 4.78 is 5.17. The predicted molar refractivity (Wildman–Crippen MR) is 106 cm³/mol. The second-order valence-electron chi connectivity index (χ2n) is 8.14. The number of carboxylic acid groups (broad SMARTS) is 1. The molecule has 7 heteroatoms. The standard InChI is InChI=1S/C21H36N2O5/c1-4-6-7-11-16(21(27)28-5-2)22-14(3)19(24)23-17-12-9-8-10-15(17)13-18(23)20(25)26/h14-18,22H,4-13H2,1-3H3,(H,25,26)/t14-,15-,16-,17-,18-/m0/s1. The molecule has 28 heavy (non-hydrogen) atoms. The normalized spacial score (nSPS) is 26.4. The average molecular weight is 397 g/mol. The van der Waals surface area contributed by atoms with E-state index in [1.54, 1.807) is 18.7 Å². The molecule has 1 heterocycles. The number of aliphatic carboxylic acids is 1. The summed E-state index contributed by atoms with van der Waals surface area (Å²) in [6.07, 6.45) is 8.06. The van der Waals surface area contributed by atoms with E-state index in [1.165, 1.54) is 0 Å². The van der Waals surface area contributed by atoms with Crippen molar-refractivity contribution in [1.82, 2.24) is 10.2 Å². The first-order chi connectivity index (χ1) is 13.4. The Balaban J connectivity index is 2.08. The van der Waals surface area contributed by atoms with Crippen LogP contribution in [0.1, 0.15) is 78.6 Å². The van der Waals surface area contributed by atoms with Gasteiger partial charge in [-0.15, -0.1) is 0 Å². The molecule has 0 aromatic rings. The first kappa shape index (κ1) is 22.7. The fraction of sp³-hybridized carbons (Fsp3) is 0.857. The Bertz CT molecular complexity index is 553. The summed E-state index contributed by atoms with van der Waals surface area (Å²) in [5.74, 6) is -1.21. The van der Waals surface area contributed by atoms with Crippen molar-refractivity contribution >= 4 is 17.8 Å². The summed E-state index contributed by atoms with van der Waals surface area (Å²) >= 11 is 0. The Labute approximate surface area is 168 Å². The fourth-order valence-electron chi connectivity index (χ4n) is 4.70. The van der Waals surface area contributed by atoms with Crippen LogP contribution in [-0.2, 0) is 19.1 Å². The van der Waals surface area contributed by atoms with Crippen molar-refractivity contribution in [3.63, 3.8) is 0 Å². The molecule has 2 aliphatic rings. The molecule has 2 N–H and O–H groups in total. The topological polar surface area (TPSA) is 95.9 Å². The SMILES string of the molecule is CCCCC[C@H](N[C@@H](C)C(=O)N1[C@H](C(=O)O)C[C@@H]2CCCC[C@@H]21)C(=O)OCC. The van der Waals surface area contributed by atoms with Gasteiger partial charge in [-0.05, 0) is 45.4 Å². The first-order valence-corrected chi connectivity index (χ1v) is 10.9.